The molecular formula is C12H18N2O4S. The summed E-state index contributed by atoms with van der Waals surface area (Å²) in [5.74, 6) is -0.494. The Bertz CT molecular complexity index is 465. The van der Waals surface area contributed by atoms with Gasteiger partial charge >= 0.3 is 12.1 Å². The maximum atomic E-state index is 11.6. The molecule has 1 aromatic heterocycles. The minimum Gasteiger partial charge on any atom is -0.464 e. The third-order valence-corrected chi connectivity index (χ3v) is 3.05. The quantitative estimate of drug-likeness (QED) is 0.864. The van der Waals surface area contributed by atoms with Crippen molar-refractivity contribution >= 4 is 23.4 Å². The van der Waals surface area contributed by atoms with E-state index in [1.807, 2.05) is 0 Å². The number of rotatable bonds is 3. The lowest BCUT2D eigenvalue weighted by Crippen LogP contribution is -2.34. The van der Waals surface area contributed by atoms with Crippen molar-refractivity contribution in [3.8, 4) is 0 Å². The van der Waals surface area contributed by atoms with Gasteiger partial charge in [-0.05, 0) is 27.7 Å². The number of esters is 1. The molecular weight excluding hydrogens is 268 g/mol. The number of nitrogens with one attached hydrogen (secondary N) is 1. The van der Waals surface area contributed by atoms with Crippen molar-refractivity contribution in [1.82, 2.24) is 10.3 Å². The fourth-order valence-corrected chi connectivity index (χ4v) is 2.03. The number of hydrogen-bond donors (Lipinski definition) is 1. The van der Waals surface area contributed by atoms with Crippen molar-refractivity contribution in [2.75, 3.05) is 7.11 Å². The Balaban J connectivity index is 2.63. The fraction of sp³-hybridized carbons (Fsp3) is 0.583. The lowest BCUT2D eigenvalue weighted by molar-refractivity contribution is 0.0507. The number of amides is 1. The van der Waals surface area contributed by atoms with Crippen LogP contribution in [0, 0.1) is 0 Å². The van der Waals surface area contributed by atoms with Gasteiger partial charge in [0.25, 0.3) is 0 Å². The van der Waals surface area contributed by atoms with Crippen molar-refractivity contribution in [3.05, 3.63) is 16.1 Å². The van der Waals surface area contributed by atoms with Crippen LogP contribution in [-0.2, 0) is 9.47 Å². The van der Waals surface area contributed by atoms with Crippen molar-refractivity contribution in [2.24, 2.45) is 0 Å². The number of ether oxygens (including phenoxy) is 2. The monoisotopic (exact) mass is 286 g/mol. The highest BCUT2D eigenvalue weighted by molar-refractivity contribution is 7.09. The van der Waals surface area contributed by atoms with E-state index in [9.17, 15) is 9.59 Å². The van der Waals surface area contributed by atoms with E-state index in [1.54, 1.807) is 33.1 Å². The van der Waals surface area contributed by atoms with E-state index in [0.717, 1.165) is 0 Å². The first-order valence-electron chi connectivity index (χ1n) is 5.76. The molecule has 19 heavy (non-hydrogen) atoms. The summed E-state index contributed by atoms with van der Waals surface area (Å²) in [6.07, 6.45) is -0.519. The molecule has 0 saturated heterocycles. The first-order chi connectivity index (χ1) is 8.73. The number of carbonyl (C=O) groups is 2. The van der Waals surface area contributed by atoms with Crippen LogP contribution in [0.1, 0.15) is 49.2 Å². The van der Waals surface area contributed by atoms with E-state index in [1.165, 1.54) is 18.4 Å². The summed E-state index contributed by atoms with van der Waals surface area (Å²) >= 11 is 1.28. The summed E-state index contributed by atoms with van der Waals surface area (Å²) < 4.78 is 9.71. The van der Waals surface area contributed by atoms with Gasteiger partial charge in [0, 0.05) is 5.38 Å². The van der Waals surface area contributed by atoms with E-state index < -0.39 is 17.7 Å². The Kier molecular flexibility index (Phi) is 4.88. The van der Waals surface area contributed by atoms with Crippen LogP contribution in [0.5, 0.6) is 0 Å². The van der Waals surface area contributed by atoms with Crippen LogP contribution in [0.15, 0.2) is 5.38 Å². The van der Waals surface area contributed by atoms with Gasteiger partial charge in [-0.25, -0.2) is 14.6 Å². The summed E-state index contributed by atoms with van der Waals surface area (Å²) in [4.78, 5) is 27.0. The van der Waals surface area contributed by atoms with Gasteiger partial charge in [0.05, 0.1) is 13.2 Å². The molecule has 1 N–H and O–H groups in total. The smallest absolute Gasteiger partial charge is 0.408 e. The molecule has 0 aliphatic carbocycles. The highest BCUT2D eigenvalue weighted by atomic mass is 32.1. The van der Waals surface area contributed by atoms with E-state index >= 15 is 0 Å². The Morgan fingerprint density at radius 3 is 2.58 bits per heavy atom. The molecule has 0 aromatic carbocycles. The summed E-state index contributed by atoms with van der Waals surface area (Å²) in [5.41, 5.74) is -0.315. The van der Waals surface area contributed by atoms with Gasteiger partial charge < -0.3 is 14.8 Å². The summed E-state index contributed by atoms with van der Waals surface area (Å²) in [6, 6.07) is -0.335. The number of hydrogen-bond acceptors (Lipinski definition) is 6. The predicted octanol–water partition coefficient (Wildman–Crippen LogP) is 2.52. The van der Waals surface area contributed by atoms with Crippen molar-refractivity contribution in [3.63, 3.8) is 0 Å². The number of methoxy groups -OCH3 is 1. The van der Waals surface area contributed by atoms with Crippen LogP contribution >= 0.6 is 11.3 Å². The maximum Gasteiger partial charge on any atom is 0.408 e. The molecule has 0 unspecified atom stereocenters. The molecule has 0 aliphatic rings. The minimum absolute atomic E-state index is 0.236. The molecule has 0 spiro atoms. The molecule has 0 saturated carbocycles. The fourth-order valence-electron chi connectivity index (χ4n) is 1.23. The number of carbonyl (C=O) groups excluding carboxylic acids is 2. The van der Waals surface area contributed by atoms with Gasteiger partial charge in [-0.2, -0.15) is 0 Å². The van der Waals surface area contributed by atoms with E-state index in [-0.39, 0.29) is 11.7 Å². The highest BCUT2D eigenvalue weighted by Gasteiger charge is 2.20. The summed E-state index contributed by atoms with van der Waals surface area (Å²) in [6.45, 7) is 7.13. The first-order valence-corrected chi connectivity index (χ1v) is 6.64. The lowest BCUT2D eigenvalue weighted by Gasteiger charge is -2.21. The lowest BCUT2D eigenvalue weighted by atomic mass is 10.2. The Morgan fingerprint density at radius 2 is 2.05 bits per heavy atom. The molecule has 1 heterocycles. The zero-order chi connectivity index (χ0) is 14.6. The van der Waals surface area contributed by atoms with Crippen LogP contribution in [0.25, 0.3) is 0 Å². The van der Waals surface area contributed by atoms with Crippen LogP contribution in [0.2, 0.25) is 0 Å². The minimum atomic E-state index is -0.552. The SMILES string of the molecule is COC(=O)c1csc([C@@H](C)NC(=O)OC(C)(C)C)n1. The second-order valence-corrected chi connectivity index (χ2v) is 5.82. The predicted molar refractivity (Wildman–Crippen MR) is 71.2 cm³/mol. The van der Waals surface area contributed by atoms with E-state index in [2.05, 4.69) is 15.0 Å². The van der Waals surface area contributed by atoms with E-state index in [4.69, 9.17) is 4.74 Å². The van der Waals surface area contributed by atoms with Gasteiger partial charge in [-0.1, -0.05) is 0 Å². The average molecular weight is 286 g/mol. The number of nitrogens with zero attached hydrogens (tertiary/aromatic N) is 1. The van der Waals surface area contributed by atoms with Crippen molar-refractivity contribution in [2.45, 2.75) is 39.3 Å². The van der Waals surface area contributed by atoms with E-state index in [0.29, 0.717) is 5.01 Å². The largest absolute Gasteiger partial charge is 0.464 e. The molecule has 0 fully saturated rings. The van der Waals surface area contributed by atoms with Gasteiger partial charge in [-0.3, -0.25) is 0 Å². The van der Waals surface area contributed by atoms with Crippen LogP contribution in [0.4, 0.5) is 4.79 Å². The molecule has 6 nitrogen and oxygen atoms in total. The zero-order valence-corrected chi connectivity index (χ0v) is 12.5. The standard InChI is InChI=1S/C12H18N2O4S/c1-7(13-11(16)18-12(2,3)4)9-14-8(6-19-9)10(15)17-5/h6-7H,1-5H3,(H,13,16)/t7-/m1/s1. The number of alkyl carbamates (subject to hydrolysis) is 1. The Morgan fingerprint density at radius 1 is 1.42 bits per heavy atom. The Labute approximate surface area is 116 Å². The maximum absolute atomic E-state index is 11.6. The third kappa shape index (κ3) is 4.86. The molecule has 1 rings (SSSR count). The molecule has 0 bridgehead atoms. The molecule has 1 amide bonds. The number of aromatic nitrogens is 1. The van der Waals surface area contributed by atoms with Crippen LogP contribution in [-0.4, -0.2) is 29.8 Å². The molecule has 0 aliphatic heterocycles. The third-order valence-electron chi connectivity index (χ3n) is 2.02. The summed E-state index contributed by atoms with van der Waals surface area (Å²) in [5, 5.41) is 4.87. The topological polar surface area (TPSA) is 77.5 Å². The van der Waals surface area contributed by atoms with Gasteiger partial charge in [-0.15, -0.1) is 11.3 Å². The van der Waals surface area contributed by atoms with Crippen molar-refractivity contribution < 1.29 is 19.1 Å². The molecule has 7 heteroatoms. The van der Waals surface area contributed by atoms with Crippen LogP contribution in [0.3, 0.4) is 0 Å². The molecule has 106 valence electrons. The summed E-state index contributed by atoms with van der Waals surface area (Å²) in [7, 11) is 1.30. The zero-order valence-electron chi connectivity index (χ0n) is 11.6. The second kappa shape index (κ2) is 6.01. The van der Waals surface area contributed by atoms with Gasteiger partial charge in [0.15, 0.2) is 5.69 Å². The molecule has 1 aromatic rings. The van der Waals surface area contributed by atoms with Crippen LogP contribution < -0.4 is 5.32 Å². The second-order valence-electron chi connectivity index (χ2n) is 4.93. The Hall–Kier alpha value is -1.63. The number of thiazole rings is 1. The highest BCUT2D eigenvalue weighted by Crippen LogP contribution is 2.19. The first kappa shape index (κ1) is 15.4. The van der Waals surface area contributed by atoms with Gasteiger partial charge in [0.1, 0.15) is 10.6 Å². The molecule has 0 radical (unpaired) electrons. The average Bonchev–Trinajstić information content (AvgIpc) is 2.74. The normalized spacial score (nSPS) is 12.7. The van der Waals surface area contributed by atoms with Crippen molar-refractivity contribution in [1.29, 1.82) is 0 Å². The van der Waals surface area contributed by atoms with Gasteiger partial charge in [0.2, 0.25) is 0 Å². The molecule has 1 atom stereocenters.